The van der Waals surface area contributed by atoms with Crippen molar-refractivity contribution in [1.29, 1.82) is 0 Å². The van der Waals surface area contributed by atoms with Crippen molar-refractivity contribution in [2.75, 3.05) is 6.61 Å². The van der Waals surface area contributed by atoms with Crippen molar-refractivity contribution >= 4 is 29.2 Å². The van der Waals surface area contributed by atoms with Crippen molar-refractivity contribution in [2.45, 2.75) is 0 Å². The van der Waals surface area contributed by atoms with Crippen LogP contribution in [0.5, 0.6) is 0 Å². The van der Waals surface area contributed by atoms with Gasteiger partial charge in [0.25, 0.3) is 0 Å². The first-order chi connectivity index (χ1) is 4.72. The second-order valence-corrected chi connectivity index (χ2v) is 1.97. The van der Waals surface area contributed by atoms with E-state index in [1.165, 1.54) is 6.08 Å². The number of esters is 1. The van der Waals surface area contributed by atoms with Gasteiger partial charge in [0.05, 0.1) is 0 Å². The molecule has 0 N–H and O–H groups in total. The average Bonchev–Trinajstić information content (AvgIpc) is 1.98. The molecule has 0 aliphatic heterocycles. The maximum atomic E-state index is 10.6. The van der Waals surface area contributed by atoms with Crippen molar-refractivity contribution in [1.82, 2.24) is 0 Å². The molecule has 0 aromatic heterocycles. The van der Waals surface area contributed by atoms with Crippen LogP contribution in [0.3, 0.4) is 0 Å². The van der Waals surface area contributed by atoms with Crippen LogP contribution in [0, 0.1) is 0 Å². The lowest BCUT2D eigenvalue weighted by Crippen LogP contribution is -2.03. The Balaban J connectivity index is 3.74. The van der Waals surface area contributed by atoms with Crippen LogP contribution in [0.4, 0.5) is 0 Å². The van der Waals surface area contributed by atoms with Crippen LogP contribution in [-0.4, -0.2) is 12.6 Å². The minimum atomic E-state index is -0.642. The van der Waals surface area contributed by atoms with Crippen LogP contribution >= 0.6 is 23.2 Å². The summed E-state index contributed by atoms with van der Waals surface area (Å²) in [7, 11) is 0. The highest BCUT2D eigenvalue weighted by Crippen LogP contribution is 2.04. The van der Waals surface area contributed by atoms with Gasteiger partial charge in [-0.25, -0.2) is 4.79 Å². The molecule has 0 spiro atoms. The Kier molecular flexibility index (Phi) is 5.08. The number of carbonyl (C=O) groups is 1. The normalized spacial score (nSPS) is 10.8. The van der Waals surface area contributed by atoms with E-state index >= 15 is 0 Å². The summed E-state index contributed by atoms with van der Waals surface area (Å²) in [6.07, 6.45) is 1.44. The topological polar surface area (TPSA) is 26.3 Å². The minimum Gasteiger partial charge on any atom is -0.457 e. The second-order valence-electron chi connectivity index (χ2n) is 1.34. The van der Waals surface area contributed by atoms with E-state index in [2.05, 4.69) is 11.3 Å². The van der Waals surface area contributed by atoms with Crippen LogP contribution in [0.2, 0.25) is 0 Å². The van der Waals surface area contributed by atoms with Gasteiger partial charge in [-0.05, 0) is 0 Å². The van der Waals surface area contributed by atoms with Gasteiger partial charge in [0.2, 0.25) is 0 Å². The lowest BCUT2D eigenvalue weighted by Gasteiger charge is -1.96. The number of rotatable bonds is 3. The molecule has 0 heterocycles. The Labute approximate surface area is 69.1 Å². The number of hydrogen-bond acceptors (Lipinski definition) is 2. The van der Waals surface area contributed by atoms with Crippen LogP contribution in [0.15, 0.2) is 23.2 Å². The van der Waals surface area contributed by atoms with E-state index in [1.807, 2.05) is 0 Å². The molecule has 0 saturated heterocycles. The fraction of sp³-hybridized carbons (Fsp3) is 0.167. The van der Waals surface area contributed by atoms with Crippen molar-refractivity contribution in [2.24, 2.45) is 0 Å². The first-order valence-electron chi connectivity index (χ1n) is 2.46. The lowest BCUT2D eigenvalue weighted by atomic mass is 10.6. The third-order valence-corrected chi connectivity index (χ3v) is 1.22. The third kappa shape index (κ3) is 3.54. The molecule has 0 radical (unpaired) electrons. The Morgan fingerprint density at radius 3 is 2.70 bits per heavy atom. The van der Waals surface area contributed by atoms with Crippen molar-refractivity contribution in [3.63, 3.8) is 0 Å². The quantitative estimate of drug-likeness (QED) is 0.378. The second kappa shape index (κ2) is 5.33. The molecular formula is C6H6Cl2O2. The first kappa shape index (κ1) is 9.53. The molecule has 0 rings (SSSR count). The number of hydrogen-bond donors (Lipinski definition) is 0. The van der Waals surface area contributed by atoms with E-state index in [-0.39, 0.29) is 11.6 Å². The summed E-state index contributed by atoms with van der Waals surface area (Å²) in [5, 5.41) is -0.136. The molecule has 56 valence electrons. The third-order valence-electron chi connectivity index (χ3n) is 0.623. The zero-order chi connectivity index (χ0) is 7.98. The van der Waals surface area contributed by atoms with Gasteiger partial charge in [-0.1, -0.05) is 35.9 Å². The minimum absolute atomic E-state index is 0.136. The number of ether oxygens (including phenoxy) is 1. The summed E-state index contributed by atoms with van der Waals surface area (Å²) < 4.78 is 4.50. The lowest BCUT2D eigenvalue weighted by molar-refractivity contribution is -0.137. The summed E-state index contributed by atoms with van der Waals surface area (Å²) in [5.41, 5.74) is 0.951. The van der Waals surface area contributed by atoms with Crippen molar-refractivity contribution in [3.8, 4) is 0 Å². The Morgan fingerprint density at radius 2 is 2.30 bits per heavy atom. The first-order valence-corrected chi connectivity index (χ1v) is 3.27. The Hall–Kier alpha value is -0.470. The van der Waals surface area contributed by atoms with E-state index in [1.54, 1.807) is 0 Å². The predicted molar refractivity (Wildman–Crippen MR) is 40.9 cm³/mol. The molecule has 0 saturated carbocycles. The zero-order valence-electron chi connectivity index (χ0n) is 5.14. The van der Waals surface area contributed by atoms with E-state index in [9.17, 15) is 4.79 Å². The molecule has 0 aliphatic rings. The highest BCUT2D eigenvalue weighted by molar-refractivity contribution is 6.45. The Bertz CT molecular complexity index is 163. The van der Waals surface area contributed by atoms with E-state index in [0.717, 1.165) is 5.54 Å². The van der Waals surface area contributed by atoms with Gasteiger partial charge in [0.1, 0.15) is 11.6 Å². The fourth-order valence-corrected chi connectivity index (χ4v) is 0.392. The molecule has 0 amide bonds. The summed E-state index contributed by atoms with van der Waals surface area (Å²) in [5.74, 6) is -0.642. The molecule has 0 aromatic rings. The molecule has 0 fully saturated rings. The Morgan fingerprint density at radius 1 is 1.70 bits per heavy atom. The number of halogens is 2. The molecule has 10 heavy (non-hydrogen) atoms. The molecular weight excluding hydrogens is 175 g/mol. The molecule has 0 atom stereocenters. The van der Waals surface area contributed by atoms with Gasteiger partial charge in [-0.2, -0.15) is 0 Å². The van der Waals surface area contributed by atoms with Crippen LogP contribution < -0.4 is 0 Å². The SMILES string of the molecule is C=CCOC(=O)/C(Cl)=C\Cl. The van der Waals surface area contributed by atoms with Gasteiger partial charge < -0.3 is 4.74 Å². The molecule has 0 aromatic carbocycles. The van der Waals surface area contributed by atoms with Crippen LogP contribution in [0.1, 0.15) is 0 Å². The monoisotopic (exact) mass is 180 g/mol. The van der Waals surface area contributed by atoms with E-state index in [0.29, 0.717) is 0 Å². The predicted octanol–water partition coefficient (Wildman–Crippen LogP) is 2.03. The highest BCUT2D eigenvalue weighted by atomic mass is 35.5. The molecule has 0 aliphatic carbocycles. The maximum absolute atomic E-state index is 10.6. The van der Waals surface area contributed by atoms with E-state index < -0.39 is 5.97 Å². The molecule has 4 heteroatoms. The summed E-state index contributed by atoms with van der Waals surface area (Å²) >= 11 is 10.4. The largest absolute Gasteiger partial charge is 0.457 e. The maximum Gasteiger partial charge on any atom is 0.350 e. The molecule has 0 bridgehead atoms. The van der Waals surface area contributed by atoms with Gasteiger partial charge in [0, 0.05) is 5.54 Å². The smallest absolute Gasteiger partial charge is 0.350 e. The van der Waals surface area contributed by atoms with Crippen LogP contribution in [0.25, 0.3) is 0 Å². The average molecular weight is 181 g/mol. The fourth-order valence-electron chi connectivity index (χ4n) is 0.248. The van der Waals surface area contributed by atoms with Crippen LogP contribution in [-0.2, 0) is 9.53 Å². The van der Waals surface area contributed by atoms with Gasteiger partial charge >= 0.3 is 5.97 Å². The molecule has 0 unspecified atom stereocenters. The van der Waals surface area contributed by atoms with Gasteiger partial charge in [-0.3, -0.25) is 0 Å². The highest BCUT2D eigenvalue weighted by Gasteiger charge is 2.04. The number of carbonyl (C=O) groups excluding carboxylic acids is 1. The summed E-state index contributed by atoms with van der Waals surface area (Å²) in [6.45, 7) is 3.48. The van der Waals surface area contributed by atoms with Crippen molar-refractivity contribution in [3.05, 3.63) is 23.2 Å². The zero-order valence-corrected chi connectivity index (χ0v) is 6.65. The standard InChI is InChI=1S/C6H6Cl2O2/c1-2-3-10-6(9)5(8)4-7/h2,4H,1,3H2/b5-4+. The van der Waals surface area contributed by atoms with Gasteiger partial charge in [0.15, 0.2) is 0 Å². The molecule has 2 nitrogen and oxygen atoms in total. The van der Waals surface area contributed by atoms with Crippen molar-refractivity contribution < 1.29 is 9.53 Å². The summed E-state index contributed by atoms with van der Waals surface area (Å²) in [6, 6.07) is 0. The summed E-state index contributed by atoms with van der Waals surface area (Å²) in [4.78, 5) is 10.6. The van der Waals surface area contributed by atoms with Gasteiger partial charge in [-0.15, -0.1) is 0 Å². The van der Waals surface area contributed by atoms with E-state index in [4.69, 9.17) is 23.2 Å².